The molecule has 0 aliphatic heterocycles. The molecule has 260 valence electrons. The van der Waals surface area contributed by atoms with Crippen LogP contribution in [0.5, 0.6) is 0 Å². The summed E-state index contributed by atoms with van der Waals surface area (Å²) >= 11 is 0. The van der Waals surface area contributed by atoms with Gasteiger partial charge in [-0.25, -0.2) is 4.57 Å². The Kier molecular flexibility index (Phi) is 32.2. The highest BCUT2D eigenvalue weighted by molar-refractivity contribution is 7.53. The normalized spacial score (nSPS) is 11.6. The molecule has 1 heterocycles. The number of hydrogen-bond donors (Lipinski definition) is 0. The van der Waals surface area contributed by atoms with E-state index in [1.807, 2.05) is 7.05 Å². The first kappa shape index (κ1) is 43.6. The molecule has 0 amide bonds. The lowest BCUT2D eigenvalue weighted by atomic mass is 10.1. The number of aromatic nitrogens is 1. The smallest absolute Gasteiger partial charge is 0.330 e. The molecule has 1 aromatic rings. The van der Waals surface area contributed by atoms with Gasteiger partial charge in [-0.3, -0.25) is 4.57 Å². The summed E-state index contributed by atoms with van der Waals surface area (Å²) in [5.41, 5.74) is 1.34. The maximum atomic E-state index is 13.6. The summed E-state index contributed by atoms with van der Waals surface area (Å²) in [7, 11) is -0.974. The predicted octanol–water partition coefficient (Wildman–Crippen LogP) is 9.47. The highest BCUT2D eigenvalue weighted by Gasteiger charge is 2.23. The van der Waals surface area contributed by atoms with Crippen molar-refractivity contribution in [1.29, 1.82) is 0 Å². The molecule has 0 bridgehead atoms. The number of hydrogen-bond acceptors (Lipinski definition) is 3. The summed E-state index contributed by atoms with van der Waals surface area (Å²) in [5.74, 6) is 0. The second-order valence-electron chi connectivity index (χ2n) is 13.1. The van der Waals surface area contributed by atoms with Crippen LogP contribution in [0.15, 0.2) is 24.5 Å². The number of halogens is 1. The first-order valence-electron chi connectivity index (χ1n) is 18.9. The molecular formula is C38H73ClNO3P. The minimum absolute atomic E-state index is 0. The summed E-state index contributed by atoms with van der Waals surface area (Å²) in [5, 5.41) is 0. The van der Waals surface area contributed by atoms with Gasteiger partial charge in [0.1, 0.15) is 7.05 Å². The lowest BCUT2D eigenvalue weighted by Gasteiger charge is -2.19. The Morgan fingerprint density at radius 2 is 0.864 bits per heavy atom. The van der Waals surface area contributed by atoms with E-state index in [4.69, 9.17) is 9.05 Å². The zero-order valence-electron chi connectivity index (χ0n) is 29.5. The largest absolute Gasteiger partial charge is 1.00 e. The SMILES string of the molecule is CCCCCCCCCCCCCCOP(=O)(CCCCc1cc[n+](C)cc1)OCCCCCCCCCCCCCC.[Cl-]. The van der Waals surface area contributed by atoms with Crippen LogP contribution in [0.25, 0.3) is 0 Å². The summed E-state index contributed by atoms with van der Waals surface area (Å²) in [6.07, 6.45) is 39.3. The molecule has 0 aliphatic carbocycles. The van der Waals surface area contributed by atoms with Crippen molar-refractivity contribution in [3.05, 3.63) is 30.1 Å². The van der Waals surface area contributed by atoms with Crippen molar-refractivity contribution >= 4 is 7.60 Å². The van der Waals surface area contributed by atoms with Crippen molar-refractivity contribution in [1.82, 2.24) is 0 Å². The summed E-state index contributed by atoms with van der Waals surface area (Å²) in [4.78, 5) is 0. The van der Waals surface area contributed by atoms with Crippen molar-refractivity contribution in [2.45, 2.75) is 187 Å². The lowest BCUT2D eigenvalue weighted by molar-refractivity contribution is -0.671. The number of nitrogens with zero attached hydrogens (tertiary/aromatic N) is 1. The Bertz CT molecular complexity index is 727. The van der Waals surface area contributed by atoms with E-state index < -0.39 is 7.60 Å². The molecule has 1 rings (SSSR count). The molecule has 0 N–H and O–H groups in total. The molecular weight excluding hydrogens is 585 g/mol. The van der Waals surface area contributed by atoms with E-state index in [0.717, 1.165) is 32.1 Å². The zero-order chi connectivity index (χ0) is 31.1. The molecule has 0 aliphatic rings. The van der Waals surface area contributed by atoms with Gasteiger partial charge in [0.25, 0.3) is 0 Å². The van der Waals surface area contributed by atoms with Crippen LogP contribution in [0, 0.1) is 0 Å². The van der Waals surface area contributed by atoms with Gasteiger partial charge in [-0.05, 0) is 37.7 Å². The fraction of sp³-hybridized carbons (Fsp3) is 0.868. The van der Waals surface area contributed by atoms with E-state index >= 15 is 0 Å². The third-order valence-corrected chi connectivity index (χ3v) is 10.8. The van der Waals surface area contributed by atoms with E-state index in [1.165, 1.54) is 147 Å². The third-order valence-electron chi connectivity index (χ3n) is 8.77. The van der Waals surface area contributed by atoms with Crippen LogP contribution in [0.3, 0.4) is 0 Å². The lowest BCUT2D eigenvalue weighted by Crippen LogP contribution is -3.00. The summed E-state index contributed by atoms with van der Waals surface area (Å²) in [6, 6.07) is 4.35. The second-order valence-corrected chi connectivity index (χ2v) is 15.3. The minimum atomic E-state index is -3.02. The Morgan fingerprint density at radius 3 is 1.23 bits per heavy atom. The van der Waals surface area contributed by atoms with Crippen LogP contribution < -0.4 is 17.0 Å². The topological polar surface area (TPSA) is 39.4 Å². The van der Waals surface area contributed by atoms with Gasteiger partial charge in [0.05, 0.1) is 19.4 Å². The van der Waals surface area contributed by atoms with Crippen LogP contribution in [0.4, 0.5) is 0 Å². The van der Waals surface area contributed by atoms with Gasteiger partial charge in [-0.2, -0.15) is 0 Å². The molecule has 4 nitrogen and oxygen atoms in total. The maximum Gasteiger partial charge on any atom is 0.330 e. The number of pyridine rings is 1. The Balaban J connectivity index is 0.0000185. The molecule has 44 heavy (non-hydrogen) atoms. The Morgan fingerprint density at radius 1 is 0.523 bits per heavy atom. The molecule has 6 heteroatoms. The third kappa shape index (κ3) is 27.9. The van der Waals surface area contributed by atoms with Crippen molar-refractivity contribution in [2.75, 3.05) is 19.4 Å². The van der Waals surface area contributed by atoms with Gasteiger partial charge in [-0.1, -0.05) is 155 Å². The van der Waals surface area contributed by atoms with Gasteiger partial charge >= 0.3 is 7.60 Å². The number of rotatable bonds is 33. The number of aryl methyl sites for hydroxylation is 2. The standard InChI is InChI=1S/C38H73NO3P.ClH/c1-4-6-8-10-12-14-16-18-20-22-24-27-35-41-43(40,37-29-26-30-38-31-33-39(3)34-32-38)42-36-28-25-23-21-19-17-15-13-11-9-7-5-2;/h31-34H,4-30,35-37H2,1-3H3;1H/q+1;/p-1. The Labute approximate surface area is 281 Å². The van der Waals surface area contributed by atoms with Gasteiger partial charge < -0.3 is 21.5 Å². The van der Waals surface area contributed by atoms with E-state index in [9.17, 15) is 4.57 Å². The van der Waals surface area contributed by atoms with E-state index in [1.54, 1.807) is 0 Å². The van der Waals surface area contributed by atoms with Crippen molar-refractivity contribution < 1.29 is 30.6 Å². The van der Waals surface area contributed by atoms with E-state index in [-0.39, 0.29) is 12.4 Å². The maximum absolute atomic E-state index is 13.6. The second kappa shape index (κ2) is 32.5. The molecule has 1 aromatic heterocycles. The molecule has 0 spiro atoms. The van der Waals surface area contributed by atoms with Crippen LogP contribution in [-0.4, -0.2) is 19.4 Å². The van der Waals surface area contributed by atoms with Crippen molar-refractivity contribution in [3.8, 4) is 0 Å². The molecule has 0 saturated carbocycles. The fourth-order valence-corrected chi connectivity index (χ4v) is 7.55. The minimum Gasteiger partial charge on any atom is -1.00 e. The predicted molar refractivity (Wildman–Crippen MR) is 187 cm³/mol. The zero-order valence-corrected chi connectivity index (χ0v) is 31.2. The summed E-state index contributed by atoms with van der Waals surface area (Å²) in [6.45, 7) is 5.71. The van der Waals surface area contributed by atoms with E-state index in [2.05, 4.69) is 42.9 Å². The first-order valence-corrected chi connectivity index (χ1v) is 20.6. The Hall–Kier alpha value is -0.410. The highest BCUT2D eigenvalue weighted by Crippen LogP contribution is 2.49. The van der Waals surface area contributed by atoms with Crippen LogP contribution >= 0.6 is 7.60 Å². The first-order chi connectivity index (χ1) is 21.1. The van der Waals surface area contributed by atoms with Crippen LogP contribution in [0.1, 0.15) is 186 Å². The molecule has 0 aromatic carbocycles. The highest BCUT2D eigenvalue weighted by atomic mass is 35.5. The van der Waals surface area contributed by atoms with E-state index in [0.29, 0.717) is 19.4 Å². The average Bonchev–Trinajstić information content (AvgIpc) is 3.01. The monoisotopic (exact) mass is 658 g/mol. The molecule has 0 radical (unpaired) electrons. The van der Waals surface area contributed by atoms with Crippen molar-refractivity contribution in [2.24, 2.45) is 7.05 Å². The van der Waals surface area contributed by atoms with Crippen LogP contribution in [0.2, 0.25) is 0 Å². The average molecular weight is 658 g/mol. The van der Waals surface area contributed by atoms with Crippen LogP contribution in [-0.2, 0) is 27.1 Å². The number of unbranched alkanes of at least 4 members (excludes halogenated alkanes) is 23. The van der Waals surface area contributed by atoms with Gasteiger partial charge in [-0.15, -0.1) is 0 Å². The van der Waals surface area contributed by atoms with Gasteiger partial charge in [0, 0.05) is 12.1 Å². The van der Waals surface area contributed by atoms with Gasteiger partial charge in [0.15, 0.2) is 12.4 Å². The summed E-state index contributed by atoms with van der Waals surface area (Å²) < 4.78 is 27.7. The molecule has 0 fully saturated rings. The van der Waals surface area contributed by atoms with Crippen molar-refractivity contribution in [3.63, 3.8) is 0 Å². The quantitative estimate of drug-likeness (QED) is 0.0429. The molecule has 0 unspecified atom stereocenters. The molecule has 0 saturated heterocycles. The van der Waals surface area contributed by atoms with Gasteiger partial charge in [0.2, 0.25) is 0 Å². The fourth-order valence-electron chi connectivity index (χ4n) is 5.79. The molecule has 0 atom stereocenters.